The minimum absolute atomic E-state index is 0.00662. The van der Waals surface area contributed by atoms with Crippen LogP contribution in [-0.2, 0) is 9.59 Å². The Kier molecular flexibility index (Phi) is 6.99. The maximum atomic E-state index is 12.1. The van der Waals surface area contributed by atoms with E-state index in [1.54, 1.807) is 21.9 Å². The van der Waals surface area contributed by atoms with Crippen LogP contribution in [0.4, 0.5) is 0 Å². The molecule has 0 N–H and O–H groups in total. The Morgan fingerprint density at radius 2 is 1.65 bits per heavy atom. The fraction of sp³-hybridized carbons (Fsp3) is 0.500. The van der Waals surface area contributed by atoms with Gasteiger partial charge in [0.2, 0.25) is 11.8 Å². The second kappa shape index (κ2) is 8.99. The van der Waals surface area contributed by atoms with E-state index in [2.05, 4.69) is 0 Å². The van der Waals surface area contributed by atoms with E-state index in [4.69, 9.17) is 27.9 Å². The van der Waals surface area contributed by atoms with Crippen molar-refractivity contribution >= 4 is 35.0 Å². The van der Waals surface area contributed by atoms with Crippen molar-refractivity contribution < 1.29 is 14.3 Å². The summed E-state index contributed by atoms with van der Waals surface area (Å²) in [7, 11) is 0. The number of rotatable bonds is 6. The SMILES string of the molecule is O=C(CCl)N1CCN(C(=O)CCCOc2ccccc2Cl)CC1. The Morgan fingerprint density at radius 1 is 1.04 bits per heavy atom. The lowest BCUT2D eigenvalue weighted by atomic mass is 10.2. The van der Waals surface area contributed by atoms with Gasteiger partial charge in [0.05, 0.1) is 11.6 Å². The van der Waals surface area contributed by atoms with E-state index in [9.17, 15) is 9.59 Å². The minimum atomic E-state index is -0.0769. The molecule has 1 aromatic rings. The molecule has 2 rings (SSSR count). The summed E-state index contributed by atoms with van der Waals surface area (Å²) < 4.78 is 5.57. The van der Waals surface area contributed by atoms with Crippen molar-refractivity contribution in [2.75, 3.05) is 38.7 Å². The number of benzene rings is 1. The first-order valence-corrected chi connectivity index (χ1v) is 8.52. The smallest absolute Gasteiger partial charge is 0.237 e. The van der Waals surface area contributed by atoms with Crippen LogP contribution in [-0.4, -0.2) is 60.3 Å². The van der Waals surface area contributed by atoms with Crippen LogP contribution in [0.3, 0.4) is 0 Å². The van der Waals surface area contributed by atoms with Crippen LogP contribution in [0.1, 0.15) is 12.8 Å². The average molecular weight is 359 g/mol. The van der Waals surface area contributed by atoms with Crippen LogP contribution in [0.15, 0.2) is 24.3 Å². The van der Waals surface area contributed by atoms with Crippen molar-refractivity contribution in [3.63, 3.8) is 0 Å². The number of para-hydroxylation sites is 1. The zero-order valence-electron chi connectivity index (χ0n) is 12.8. The predicted octanol–water partition coefficient (Wildman–Crippen LogP) is 2.41. The van der Waals surface area contributed by atoms with E-state index in [0.717, 1.165) is 0 Å². The number of hydrogen-bond donors (Lipinski definition) is 0. The molecule has 1 aliphatic heterocycles. The molecular weight excluding hydrogens is 339 g/mol. The van der Waals surface area contributed by atoms with E-state index in [1.807, 2.05) is 12.1 Å². The number of halogens is 2. The van der Waals surface area contributed by atoms with Crippen LogP contribution in [0, 0.1) is 0 Å². The summed E-state index contributed by atoms with van der Waals surface area (Å²) in [5, 5.41) is 0.568. The van der Waals surface area contributed by atoms with Crippen LogP contribution in [0.5, 0.6) is 5.75 Å². The Hall–Kier alpha value is -1.46. The van der Waals surface area contributed by atoms with Crippen molar-refractivity contribution in [1.29, 1.82) is 0 Å². The van der Waals surface area contributed by atoms with Crippen molar-refractivity contribution in [1.82, 2.24) is 9.80 Å². The van der Waals surface area contributed by atoms with Crippen LogP contribution >= 0.6 is 23.2 Å². The third-order valence-electron chi connectivity index (χ3n) is 3.73. The molecule has 1 heterocycles. The van der Waals surface area contributed by atoms with Crippen molar-refractivity contribution in [3.05, 3.63) is 29.3 Å². The highest BCUT2D eigenvalue weighted by atomic mass is 35.5. The van der Waals surface area contributed by atoms with Gasteiger partial charge < -0.3 is 14.5 Å². The quantitative estimate of drug-likeness (QED) is 0.579. The highest BCUT2D eigenvalue weighted by molar-refractivity contribution is 6.32. The van der Waals surface area contributed by atoms with E-state index < -0.39 is 0 Å². The summed E-state index contributed by atoms with van der Waals surface area (Å²) >= 11 is 11.5. The minimum Gasteiger partial charge on any atom is -0.492 e. The zero-order valence-corrected chi connectivity index (χ0v) is 14.4. The van der Waals surface area contributed by atoms with Gasteiger partial charge in [-0.25, -0.2) is 0 Å². The number of amides is 2. The van der Waals surface area contributed by atoms with Gasteiger partial charge >= 0.3 is 0 Å². The molecule has 1 fully saturated rings. The van der Waals surface area contributed by atoms with Gasteiger partial charge in [-0.05, 0) is 18.6 Å². The van der Waals surface area contributed by atoms with Gasteiger partial charge in [0, 0.05) is 32.6 Å². The number of ether oxygens (including phenoxy) is 1. The second-order valence-corrected chi connectivity index (χ2v) is 5.95. The lowest BCUT2D eigenvalue weighted by molar-refractivity contribution is -0.138. The molecular formula is C16H20Cl2N2O3. The molecule has 0 atom stereocenters. The molecule has 0 spiro atoms. The van der Waals surface area contributed by atoms with Gasteiger partial charge in [-0.3, -0.25) is 9.59 Å². The summed E-state index contributed by atoms with van der Waals surface area (Å²) in [5.41, 5.74) is 0. The number of carbonyl (C=O) groups excluding carboxylic acids is 2. The lowest BCUT2D eigenvalue weighted by Crippen LogP contribution is -2.50. The Morgan fingerprint density at radius 3 is 2.26 bits per heavy atom. The predicted molar refractivity (Wildman–Crippen MR) is 90.1 cm³/mol. The highest BCUT2D eigenvalue weighted by Gasteiger charge is 2.23. The van der Waals surface area contributed by atoms with Crippen LogP contribution < -0.4 is 4.74 Å². The van der Waals surface area contributed by atoms with E-state index in [0.29, 0.717) is 56.4 Å². The maximum absolute atomic E-state index is 12.1. The molecule has 0 aromatic heterocycles. The Bertz CT molecular complexity index is 546. The third-order valence-corrected chi connectivity index (χ3v) is 4.27. The second-order valence-electron chi connectivity index (χ2n) is 5.28. The summed E-state index contributed by atoms with van der Waals surface area (Å²) in [6, 6.07) is 7.27. The largest absolute Gasteiger partial charge is 0.492 e. The number of alkyl halides is 1. The molecule has 5 nitrogen and oxygen atoms in total. The molecule has 0 saturated carbocycles. The molecule has 2 amide bonds. The highest BCUT2D eigenvalue weighted by Crippen LogP contribution is 2.23. The molecule has 0 bridgehead atoms. The van der Waals surface area contributed by atoms with Gasteiger partial charge in [-0.1, -0.05) is 23.7 Å². The molecule has 1 saturated heterocycles. The molecule has 1 aliphatic rings. The van der Waals surface area contributed by atoms with Gasteiger partial charge in [0.15, 0.2) is 0 Å². The number of hydrogen-bond acceptors (Lipinski definition) is 3. The number of carbonyl (C=O) groups is 2. The average Bonchev–Trinajstić information content (AvgIpc) is 2.59. The summed E-state index contributed by atoms with van der Waals surface area (Å²) in [4.78, 5) is 27.1. The fourth-order valence-corrected chi connectivity index (χ4v) is 2.77. The molecule has 126 valence electrons. The first-order valence-electron chi connectivity index (χ1n) is 7.60. The summed E-state index contributed by atoms with van der Waals surface area (Å²) in [6.45, 7) is 2.67. The zero-order chi connectivity index (χ0) is 16.7. The normalized spacial score (nSPS) is 14.7. The Balaban J connectivity index is 1.66. The molecule has 0 radical (unpaired) electrons. The number of piperazine rings is 1. The Labute approximate surface area is 146 Å². The monoisotopic (exact) mass is 358 g/mol. The third kappa shape index (κ3) is 5.29. The van der Waals surface area contributed by atoms with E-state index in [-0.39, 0.29) is 17.7 Å². The molecule has 0 aliphatic carbocycles. The summed E-state index contributed by atoms with van der Waals surface area (Å²) in [5.74, 6) is 0.639. The van der Waals surface area contributed by atoms with E-state index in [1.165, 1.54) is 0 Å². The topological polar surface area (TPSA) is 49.9 Å². The van der Waals surface area contributed by atoms with Crippen molar-refractivity contribution in [3.8, 4) is 5.75 Å². The first-order chi connectivity index (χ1) is 11.1. The van der Waals surface area contributed by atoms with Crippen LogP contribution in [0.2, 0.25) is 5.02 Å². The maximum Gasteiger partial charge on any atom is 0.237 e. The molecule has 7 heteroatoms. The molecule has 0 unspecified atom stereocenters. The van der Waals surface area contributed by atoms with Gasteiger partial charge in [-0.15, -0.1) is 11.6 Å². The number of nitrogens with zero attached hydrogens (tertiary/aromatic N) is 2. The first kappa shape index (κ1) is 17.9. The molecule has 1 aromatic carbocycles. The van der Waals surface area contributed by atoms with Crippen molar-refractivity contribution in [2.45, 2.75) is 12.8 Å². The van der Waals surface area contributed by atoms with E-state index >= 15 is 0 Å². The van der Waals surface area contributed by atoms with Gasteiger partial charge in [0.25, 0.3) is 0 Å². The van der Waals surface area contributed by atoms with Crippen molar-refractivity contribution in [2.24, 2.45) is 0 Å². The molecule has 23 heavy (non-hydrogen) atoms. The van der Waals surface area contributed by atoms with Gasteiger partial charge in [0.1, 0.15) is 11.6 Å². The van der Waals surface area contributed by atoms with Crippen LogP contribution in [0.25, 0.3) is 0 Å². The summed E-state index contributed by atoms with van der Waals surface area (Å²) in [6.07, 6.45) is 1.05. The fourth-order valence-electron chi connectivity index (χ4n) is 2.42. The lowest BCUT2D eigenvalue weighted by Gasteiger charge is -2.34. The van der Waals surface area contributed by atoms with Gasteiger partial charge in [-0.2, -0.15) is 0 Å². The standard InChI is InChI=1S/C16H20Cl2N2O3/c17-12-16(22)20-9-7-19(8-10-20)15(21)6-3-11-23-14-5-2-1-4-13(14)18/h1-2,4-5H,3,6-12H2.